The van der Waals surface area contributed by atoms with Gasteiger partial charge in [0.05, 0.1) is 6.61 Å². The minimum atomic E-state index is 0.0590. The first-order valence-electron chi connectivity index (χ1n) is 14.5. The van der Waals surface area contributed by atoms with Crippen molar-refractivity contribution in [3.8, 4) is 16.9 Å². The van der Waals surface area contributed by atoms with E-state index in [4.69, 9.17) is 9.84 Å². The highest BCUT2D eigenvalue weighted by molar-refractivity contribution is 5.75. The highest BCUT2D eigenvalue weighted by atomic mass is 16.5. The number of anilines is 1. The van der Waals surface area contributed by atoms with E-state index in [2.05, 4.69) is 90.5 Å². The maximum Gasteiger partial charge on any atom is 0.119 e. The lowest BCUT2D eigenvalue weighted by molar-refractivity contribution is 0.233. The van der Waals surface area contributed by atoms with E-state index in [1.54, 1.807) is 0 Å². The summed E-state index contributed by atoms with van der Waals surface area (Å²) in [6.45, 7) is 7.98. The third-order valence-corrected chi connectivity index (χ3v) is 9.21. The van der Waals surface area contributed by atoms with Crippen LogP contribution in [0.5, 0.6) is 5.75 Å². The highest BCUT2D eigenvalue weighted by Gasteiger charge is 2.54. The SMILES string of the molecule is Cc1cc(OCCCO)cc(C)c1-c1cccc(CNc2ccc3c(c2)CC2(CC2)C3CC2[N-]N=NN2C)c1C. The number of hydrogen-bond acceptors (Lipinski definition) is 6. The van der Waals surface area contributed by atoms with E-state index in [-0.39, 0.29) is 12.8 Å². The largest absolute Gasteiger partial charge is 0.493 e. The molecule has 1 spiro atoms. The molecule has 6 rings (SSSR count). The van der Waals surface area contributed by atoms with Crippen molar-refractivity contribution in [1.29, 1.82) is 0 Å². The second-order valence-electron chi connectivity index (χ2n) is 11.9. The third kappa shape index (κ3) is 5.03. The molecular weight excluding hydrogens is 498 g/mol. The number of rotatable bonds is 10. The van der Waals surface area contributed by atoms with Crippen molar-refractivity contribution in [3.63, 3.8) is 0 Å². The van der Waals surface area contributed by atoms with Crippen LogP contribution < -0.4 is 10.1 Å². The molecule has 0 aromatic heterocycles. The molecule has 2 N–H and O–H groups in total. The van der Waals surface area contributed by atoms with Crippen LogP contribution in [0.2, 0.25) is 0 Å². The monoisotopic (exact) mass is 538 g/mol. The number of benzene rings is 3. The molecule has 7 heteroatoms. The molecule has 1 fully saturated rings. The van der Waals surface area contributed by atoms with Crippen LogP contribution in [0.1, 0.15) is 65.0 Å². The lowest BCUT2D eigenvalue weighted by Crippen LogP contribution is -2.25. The number of fused-ring (bicyclic) bond motifs is 1. The fourth-order valence-corrected chi connectivity index (χ4v) is 6.82. The predicted molar refractivity (Wildman–Crippen MR) is 160 cm³/mol. The second-order valence-corrected chi connectivity index (χ2v) is 11.9. The van der Waals surface area contributed by atoms with Crippen LogP contribution in [0.4, 0.5) is 5.69 Å². The van der Waals surface area contributed by atoms with Crippen LogP contribution in [-0.4, -0.2) is 36.5 Å². The molecule has 0 saturated heterocycles. The Hall–Kier alpha value is -3.58. The summed E-state index contributed by atoms with van der Waals surface area (Å²) in [6.07, 6.45) is 5.47. The Morgan fingerprint density at radius 2 is 1.90 bits per heavy atom. The minimum Gasteiger partial charge on any atom is -0.493 e. The van der Waals surface area contributed by atoms with Gasteiger partial charge in [-0.3, -0.25) is 10.4 Å². The van der Waals surface area contributed by atoms with E-state index < -0.39 is 0 Å². The van der Waals surface area contributed by atoms with Gasteiger partial charge in [0.2, 0.25) is 0 Å². The van der Waals surface area contributed by atoms with E-state index in [0.717, 1.165) is 18.7 Å². The number of aryl methyl sites for hydroxylation is 2. The van der Waals surface area contributed by atoms with E-state index in [9.17, 15) is 0 Å². The Balaban J connectivity index is 1.17. The van der Waals surface area contributed by atoms with Gasteiger partial charge in [-0.15, -0.1) is 0 Å². The zero-order chi connectivity index (χ0) is 27.9. The number of hydrogen-bond donors (Lipinski definition) is 2. The van der Waals surface area contributed by atoms with Crippen molar-refractivity contribution in [3.05, 3.63) is 87.3 Å². The average Bonchev–Trinajstić information content (AvgIpc) is 3.49. The molecule has 3 aromatic rings. The molecule has 0 bridgehead atoms. The van der Waals surface area contributed by atoms with E-state index in [0.29, 0.717) is 24.4 Å². The fraction of sp³-hybridized carbons (Fsp3) is 0.455. The van der Waals surface area contributed by atoms with Crippen LogP contribution in [0, 0.1) is 26.2 Å². The molecule has 0 amide bonds. The zero-order valence-electron chi connectivity index (χ0n) is 24.1. The van der Waals surface area contributed by atoms with Gasteiger partial charge in [-0.1, -0.05) is 24.3 Å². The van der Waals surface area contributed by atoms with Crippen molar-refractivity contribution in [2.75, 3.05) is 25.6 Å². The summed E-state index contributed by atoms with van der Waals surface area (Å²) in [5.74, 6) is 1.40. The quantitative estimate of drug-likeness (QED) is 0.264. The molecule has 3 aromatic carbocycles. The third-order valence-electron chi connectivity index (χ3n) is 9.21. The Morgan fingerprint density at radius 1 is 1.10 bits per heavy atom. The van der Waals surface area contributed by atoms with E-state index >= 15 is 0 Å². The first-order chi connectivity index (χ1) is 19.4. The number of nitrogens with one attached hydrogen (secondary N) is 1. The predicted octanol–water partition coefficient (Wildman–Crippen LogP) is 7.39. The lowest BCUT2D eigenvalue weighted by Gasteiger charge is -2.30. The summed E-state index contributed by atoms with van der Waals surface area (Å²) in [4.78, 5) is 0. The van der Waals surface area contributed by atoms with Crippen LogP contribution in [-0.2, 0) is 13.0 Å². The number of aliphatic hydroxyl groups excluding tert-OH is 1. The van der Waals surface area contributed by atoms with Crippen molar-refractivity contribution in [2.24, 2.45) is 15.9 Å². The molecular formula is C33H40N5O2-. The van der Waals surface area contributed by atoms with Crippen LogP contribution >= 0.6 is 0 Å². The Bertz CT molecular complexity index is 1410. The average molecular weight is 539 g/mol. The number of ether oxygens (including phenoxy) is 1. The van der Waals surface area contributed by atoms with Gasteiger partial charge in [-0.05, 0) is 127 Å². The molecule has 2 aliphatic carbocycles. The molecule has 7 nitrogen and oxygen atoms in total. The summed E-state index contributed by atoms with van der Waals surface area (Å²) in [5.41, 5.74) is 16.5. The number of nitrogens with zero attached hydrogens (tertiary/aromatic N) is 4. The Kier molecular flexibility index (Phi) is 7.17. The van der Waals surface area contributed by atoms with Crippen LogP contribution in [0.25, 0.3) is 16.6 Å². The van der Waals surface area contributed by atoms with E-state index in [1.807, 2.05) is 12.1 Å². The summed E-state index contributed by atoms with van der Waals surface area (Å²) >= 11 is 0. The summed E-state index contributed by atoms with van der Waals surface area (Å²) in [7, 11) is 1.97. The van der Waals surface area contributed by atoms with Crippen LogP contribution in [0.15, 0.2) is 59.0 Å². The molecule has 3 aliphatic rings. The first-order valence-corrected chi connectivity index (χ1v) is 14.5. The maximum atomic E-state index is 9.05. The van der Waals surface area contributed by atoms with Gasteiger partial charge in [0, 0.05) is 38.5 Å². The molecule has 210 valence electrons. The topological polar surface area (TPSA) is 83.5 Å². The molecule has 1 heterocycles. The molecule has 2 unspecified atom stereocenters. The summed E-state index contributed by atoms with van der Waals surface area (Å²) in [5, 5.41) is 22.6. The van der Waals surface area contributed by atoms with Gasteiger partial charge < -0.3 is 25.6 Å². The standard InChI is InChI=1S/C33H40N5O2/c1-21-15-27(40-14-6-13-39)16-22(2)32(21)28-8-5-7-24(23(28)3)20-34-26-9-10-29-25(17-26)19-33(11-12-33)30(29)18-31-35-36-37-38(31)4/h5,7-10,15-17,30-31,34,39H,6,11-14,18-20H2,1-4H3/q-1. The Labute approximate surface area is 237 Å². The summed E-state index contributed by atoms with van der Waals surface area (Å²) < 4.78 is 5.85. The lowest BCUT2D eigenvalue weighted by atomic mass is 9.86. The molecule has 0 radical (unpaired) electrons. The van der Waals surface area contributed by atoms with Gasteiger partial charge in [0.15, 0.2) is 0 Å². The van der Waals surface area contributed by atoms with Crippen molar-refractivity contribution in [2.45, 2.75) is 71.5 Å². The van der Waals surface area contributed by atoms with Crippen molar-refractivity contribution < 1.29 is 9.84 Å². The normalized spacial score (nSPS) is 20.1. The first kappa shape index (κ1) is 26.6. The van der Waals surface area contributed by atoms with E-state index in [1.165, 1.54) is 69.5 Å². The molecule has 2 atom stereocenters. The Morgan fingerprint density at radius 3 is 2.60 bits per heavy atom. The summed E-state index contributed by atoms with van der Waals surface area (Å²) in [6, 6.07) is 17.8. The molecule has 1 aliphatic heterocycles. The van der Waals surface area contributed by atoms with Gasteiger partial charge in [-0.25, -0.2) is 0 Å². The van der Waals surface area contributed by atoms with Gasteiger partial charge in [0.1, 0.15) is 5.75 Å². The van der Waals surface area contributed by atoms with Crippen molar-refractivity contribution >= 4 is 5.69 Å². The fourth-order valence-electron chi connectivity index (χ4n) is 6.82. The minimum absolute atomic E-state index is 0.0590. The van der Waals surface area contributed by atoms with Gasteiger partial charge in [0.25, 0.3) is 0 Å². The molecule has 1 saturated carbocycles. The maximum absolute atomic E-state index is 9.05. The zero-order valence-corrected chi connectivity index (χ0v) is 24.1. The molecule has 40 heavy (non-hydrogen) atoms. The smallest absolute Gasteiger partial charge is 0.119 e. The van der Waals surface area contributed by atoms with Crippen LogP contribution in [0.3, 0.4) is 0 Å². The second kappa shape index (κ2) is 10.8. The van der Waals surface area contributed by atoms with Gasteiger partial charge in [-0.2, -0.15) is 0 Å². The highest BCUT2D eigenvalue weighted by Crippen LogP contribution is 2.65. The van der Waals surface area contributed by atoms with Gasteiger partial charge >= 0.3 is 0 Å². The number of aliphatic hydroxyl groups is 1. The van der Waals surface area contributed by atoms with Crippen molar-refractivity contribution in [1.82, 2.24) is 5.01 Å².